The zero-order valence-electron chi connectivity index (χ0n) is 48.4. The molecule has 5 atom stereocenters. The standard InChI is InChI=1S/C79H78N2O/c1-6-55-24-28-59(29-25-55)61-36-48-76-72(52-61)73-53-62(37-49-77(73)81(76)65-20-12-9-13-21-65)60-34-42-67(43-35-60)80(66-40-32-58(33-41-66)57-30-38-63(39-31-57)78(3,4)5)68-44-47-71-70-22-14-15-23-74(70)79(75(71)54-68,64-18-10-8-11-19-64)50-16-17-51-82-69-45-26-56(7-2)27-46-69/h6-13,15,18-21,23-24,26-32,34,36-38,40-42,44-49,53-55,58,63,72H,1-2,14,16-17,22,25,33,35,39,43,50-52H2,3-5H3. The Hall–Kier alpha value is -8.14. The molecule has 5 aromatic rings. The van der Waals surface area contributed by atoms with Gasteiger partial charge in [0.25, 0.3) is 0 Å². The third-order valence-electron chi connectivity index (χ3n) is 19.0. The van der Waals surface area contributed by atoms with Gasteiger partial charge in [-0.1, -0.05) is 185 Å². The van der Waals surface area contributed by atoms with Crippen molar-refractivity contribution in [2.75, 3.05) is 16.4 Å². The van der Waals surface area contributed by atoms with Gasteiger partial charge in [-0.3, -0.25) is 0 Å². The van der Waals surface area contributed by atoms with Gasteiger partial charge in [-0.15, -0.1) is 6.58 Å². The summed E-state index contributed by atoms with van der Waals surface area (Å²) in [6.45, 7) is 15.8. The quantitative estimate of drug-likeness (QED) is 0.0723. The first kappa shape index (κ1) is 53.2. The fourth-order valence-electron chi connectivity index (χ4n) is 14.4. The van der Waals surface area contributed by atoms with E-state index >= 15 is 0 Å². The summed E-state index contributed by atoms with van der Waals surface area (Å²) in [7, 11) is 0. The van der Waals surface area contributed by atoms with Crippen LogP contribution < -0.4 is 14.5 Å². The van der Waals surface area contributed by atoms with E-state index in [4.69, 9.17) is 4.74 Å². The number of para-hydroxylation sites is 1. The summed E-state index contributed by atoms with van der Waals surface area (Å²) in [5.41, 5.74) is 24.3. The summed E-state index contributed by atoms with van der Waals surface area (Å²) in [4.78, 5) is 5.12. The molecule has 5 unspecified atom stereocenters. The minimum absolute atomic E-state index is 0.256. The van der Waals surface area contributed by atoms with E-state index in [-0.39, 0.29) is 16.7 Å². The smallest absolute Gasteiger partial charge is 0.119 e. The van der Waals surface area contributed by atoms with Gasteiger partial charge in [-0.2, -0.15) is 0 Å². The van der Waals surface area contributed by atoms with Gasteiger partial charge < -0.3 is 14.5 Å². The average Bonchev–Trinajstić information content (AvgIpc) is 2.10. The van der Waals surface area contributed by atoms with E-state index < -0.39 is 0 Å². The molecule has 0 saturated heterocycles. The molecule has 1 heterocycles. The first-order valence-electron chi connectivity index (χ1n) is 30.5. The molecule has 0 bridgehead atoms. The molecule has 0 saturated carbocycles. The molecule has 5 aromatic carbocycles. The number of anilines is 3. The molecule has 0 radical (unpaired) electrons. The molecular weight excluding hydrogens is 993 g/mol. The average molecular weight is 1070 g/mol. The maximum Gasteiger partial charge on any atom is 0.119 e. The van der Waals surface area contributed by atoms with E-state index in [2.05, 4.69) is 262 Å². The number of unbranched alkanes of at least 4 members (excludes halogenated alkanes) is 1. The first-order valence-corrected chi connectivity index (χ1v) is 30.5. The molecule has 0 spiro atoms. The van der Waals surface area contributed by atoms with Crippen molar-refractivity contribution in [3.63, 3.8) is 0 Å². The predicted octanol–water partition coefficient (Wildman–Crippen LogP) is 20.7. The summed E-state index contributed by atoms with van der Waals surface area (Å²) in [6, 6.07) is 45.5. The highest BCUT2D eigenvalue weighted by Gasteiger charge is 2.46. The van der Waals surface area contributed by atoms with Gasteiger partial charge in [0.05, 0.1) is 6.61 Å². The van der Waals surface area contributed by atoms with Crippen molar-refractivity contribution in [2.45, 2.75) is 103 Å². The second-order valence-electron chi connectivity index (χ2n) is 24.8. The molecule has 3 nitrogen and oxygen atoms in total. The molecule has 1 aliphatic heterocycles. The van der Waals surface area contributed by atoms with Gasteiger partial charge in [0.2, 0.25) is 0 Å². The Labute approximate surface area is 488 Å². The zero-order valence-corrected chi connectivity index (χ0v) is 48.4. The molecule has 13 rings (SSSR count). The molecule has 0 amide bonds. The largest absolute Gasteiger partial charge is 0.494 e. The number of hydrogen-bond donors (Lipinski definition) is 0. The third-order valence-corrected chi connectivity index (χ3v) is 19.0. The van der Waals surface area contributed by atoms with Gasteiger partial charge in [0.1, 0.15) is 5.75 Å². The van der Waals surface area contributed by atoms with E-state index in [0.717, 1.165) is 81.9 Å². The van der Waals surface area contributed by atoms with Crippen LogP contribution in [0.5, 0.6) is 5.75 Å². The van der Waals surface area contributed by atoms with Crippen LogP contribution in [0.3, 0.4) is 0 Å². The summed E-state index contributed by atoms with van der Waals surface area (Å²) in [5, 5.41) is 0. The van der Waals surface area contributed by atoms with Crippen molar-refractivity contribution >= 4 is 34.3 Å². The number of benzene rings is 5. The summed E-state index contributed by atoms with van der Waals surface area (Å²) < 4.78 is 6.35. The first-order chi connectivity index (χ1) is 40.2. The summed E-state index contributed by atoms with van der Waals surface area (Å²) >= 11 is 0. The van der Waals surface area contributed by atoms with Crippen molar-refractivity contribution in [3.8, 4) is 5.75 Å². The Morgan fingerprint density at radius 1 is 0.720 bits per heavy atom. The van der Waals surface area contributed by atoms with E-state index in [1.54, 1.807) is 0 Å². The van der Waals surface area contributed by atoms with E-state index in [9.17, 15) is 0 Å². The molecule has 7 aliphatic carbocycles. The molecular formula is C79H78N2O. The van der Waals surface area contributed by atoms with Crippen LogP contribution in [0.1, 0.15) is 131 Å². The monoisotopic (exact) mass is 1070 g/mol. The Balaban J connectivity index is 0.852. The Morgan fingerprint density at radius 2 is 1.55 bits per heavy atom. The number of rotatable bonds is 16. The van der Waals surface area contributed by atoms with E-state index in [0.29, 0.717) is 24.4 Å². The van der Waals surface area contributed by atoms with Gasteiger partial charge >= 0.3 is 0 Å². The topological polar surface area (TPSA) is 15.7 Å². The fourth-order valence-corrected chi connectivity index (χ4v) is 14.4. The van der Waals surface area contributed by atoms with Crippen LogP contribution in [0, 0.1) is 23.2 Å². The van der Waals surface area contributed by atoms with Crippen molar-refractivity contribution in [2.24, 2.45) is 23.2 Å². The highest BCUT2D eigenvalue weighted by molar-refractivity contribution is 5.88. The highest BCUT2D eigenvalue weighted by Crippen LogP contribution is 2.58. The number of ether oxygens (including phenoxy) is 1. The van der Waals surface area contributed by atoms with Crippen LogP contribution in [0.2, 0.25) is 0 Å². The Kier molecular flexibility index (Phi) is 14.7. The summed E-state index contributed by atoms with van der Waals surface area (Å²) in [5.74, 6) is 2.52. The van der Waals surface area contributed by atoms with E-state index in [1.807, 2.05) is 6.08 Å². The van der Waals surface area contributed by atoms with Crippen LogP contribution in [-0.4, -0.2) is 6.61 Å². The van der Waals surface area contributed by atoms with E-state index in [1.165, 1.54) is 95.4 Å². The Bertz CT molecular complexity index is 3700. The lowest BCUT2D eigenvalue weighted by molar-refractivity contribution is 0.292. The van der Waals surface area contributed by atoms with Crippen LogP contribution >= 0.6 is 0 Å². The Morgan fingerprint density at radius 3 is 2.27 bits per heavy atom. The maximum atomic E-state index is 6.35. The predicted molar refractivity (Wildman–Crippen MR) is 347 cm³/mol. The SMILES string of the molecule is C=Cc1ccc(OCCCCC2(c3ccccc3)C3=C(CCC=C3)c3ccc(N(C4=CCC(C5=CCC(C(C)(C)C)C=C5)C=C4)C4=CC=C(c5ccc6c(c5)C5CC(C7=CCC(C=C)C=C7)=CC=C5N6c5ccccc5)CC4)cc32)cc1. The number of hydrogen-bond acceptors (Lipinski definition) is 3. The number of allylic oxidation sites excluding steroid dienone is 24. The molecule has 3 heteroatoms. The van der Waals surface area contributed by atoms with Gasteiger partial charge in [-0.25, -0.2) is 0 Å². The van der Waals surface area contributed by atoms with Gasteiger partial charge in [-0.05, 0) is 221 Å². The minimum Gasteiger partial charge on any atom is -0.494 e. The highest BCUT2D eigenvalue weighted by atomic mass is 16.5. The van der Waals surface area contributed by atoms with Crippen molar-refractivity contribution in [1.82, 2.24) is 0 Å². The normalized spacial score (nSPS) is 23.3. The van der Waals surface area contributed by atoms with Crippen molar-refractivity contribution in [1.29, 1.82) is 0 Å². The lowest BCUT2D eigenvalue weighted by atomic mass is 9.67. The number of fused-ring (bicyclic) bond motifs is 5. The molecule has 0 aromatic heterocycles. The van der Waals surface area contributed by atoms with Gasteiger partial charge in [0, 0.05) is 51.4 Å². The molecule has 0 N–H and O–H groups in total. The fraction of sp³-hybridized carbons (Fsp3) is 0.266. The zero-order chi connectivity index (χ0) is 55.8. The molecule has 8 aliphatic rings. The van der Waals surface area contributed by atoms with Crippen LogP contribution in [0.25, 0.3) is 17.2 Å². The molecule has 410 valence electrons. The number of nitrogens with zero attached hydrogens (tertiary/aromatic N) is 2. The lowest BCUT2D eigenvalue weighted by Gasteiger charge is -2.37. The van der Waals surface area contributed by atoms with Crippen molar-refractivity contribution < 1.29 is 4.74 Å². The maximum absolute atomic E-state index is 6.35. The van der Waals surface area contributed by atoms with Crippen LogP contribution in [0.4, 0.5) is 17.1 Å². The van der Waals surface area contributed by atoms with Crippen molar-refractivity contribution in [3.05, 3.63) is 304 Å². The summed E-state index contributed by atoms with van der Waals surface area (Å²) in [6.07, 6.45) is 51.5. The van der Waals surface area contributed by atoms with Crippen LogP contribution in [-0.2, 0) is 5.41 Å². The second kappa shape index (κ2) is 22.7. The second-order valence-corrected chi connectivity index (χ2v) is 24.8. The van der Waals surface area contributed by atoms with Crippen LogP contribution in [0.15, 0.2) is 271 Å². The van der Waals surface area contributed by atoms with Gasteiger partial charge in [0.15, 0.2) is 0 Å². The lowest BCUT2D eigenvalue weighted by Crippen LogP contribution is -2.29. The molecule has 82 heavy (non-hydrogen) atoms. The minimum atomic E-state index is -0.289. The third kappa shape index (κ3) is 10.1. The molecule has 0 fully saturated rings.